The van der Waals surface area contributed by atoms with Crippen LogP contribution in [-0.2, 0) is 0 Å². The Bertz CT molecular complexity index is 721. The molecule has 0 aliphatic carbocycles. The lowest BCUT2D eigenvalue weighted by Gasteiger charge is -2.20. The molecule has 2 aromatic heterocycles. The van der Waals surface area contributed by atoms with E-state index in [-0.39, 0.29) is 0 Å². The third-order valence-electron chi connectivity index (χ3n) is 4.09. The van der Waals surface area contributed by atoms with Gasteiger partial charge in [-0.25, -0.2) is 4.98 Å². The summed E-state index contributed by atoms with van der Waals surface area (Å²) in [6, 6.07) is 8.39. The third-order valence-corrected chi connectivity index (χ3v) is 4.09. The summed E-state index contributed by atoms with van der Waals surface area (Å²) in [5.41, 5.74) is 5.43. The number of nitrogens with one attached hydrogen (secondary N) is 3. The summed E-state index contributed by atoms with van der Waals surface area (Å²) in [5, 5.41) is 11.1. The molecule has 1 aliphatic rings. The van der Waals surface area contributed by atoms with Crippen LogP contribution in [0.5, 0.6) is 0 Å². The SMILES string of the molecule is c1nc2ccc(-c3cc(C4CCNCC4)[nH]n3)cc2[nH]1. The van der Waals surface area contributed by atoms with Crippen molar-refractivity contribution in [3.63, 3.8) is 0 Å². The maximum atomic E-state index is 4.47. The molecule has 3 N–H and O–H groups in total. The highest BCUT2D eigenvalue weighted by Gasteiger charge is 2.17. The minimum Gasteiger partial charge on any atom is -0.345 e. The lowest BCUT2D eigenvalue weighted by Crippen LogP contribution is -2.26. The first-order valence-electron chi connectivity index (χ1n) is 7.10. The molecule has 0 amide bonds. The van der Waals surface area contributed by atoms with Gasteiger partial charge in [0, 0.05) is 17.2 Å². The summed E-state index contributed by atoms with van der Waals surface area (Å²) in [4.78, 5) is 7.38. The van der Waals surface area contributed by atoms with E-state index in [1.807, 2.05) is 6.07 Å². The molecular weight excluding hydrogens is 250 g/mol. The van der Waals surface area contributed by atoms with Crippen molar-refractivity contribution < 1.29 is 0 Å². The Morgan fingerprint density at radius 2 is 2.00 bits per heavy atom. The zero-order valence-corrected chi connectivity index (χ0v) is 11.2. The summed E-state index contributed by atoms with van der Waals surface area (Å²) in [5.74, 6) is 0.605. The summed E-state index contributed by atoms with van der Waals surface area (Å²) in [6.45, 7) is 2.19. The maximum Gasteiger partial charge on any atom is 0.0931 e. The van der Waals surface area contributed by atoms with E-state index in [1.165, 1.54) is 18.5 Å². The summed E-state index contributed by atoms with van der Waals surface area (Å²) in [6.07, 6.45) is 4.09. The number of aromatic nitrogens is 4. The monoisotopic (exact) mass is 267 g/mol. The first-order chi connectivity index (χ1) is 9.90. The largest absolute Gasteiger partial charge is 0.345 e. The zero-order valence-electron chi connectivity index (χ0n) is 11.2. The molecule has 1 saturated heterocycles. The Hall–Kier alpha value is -2.14. The molecule has 0 radical (unpaired) electrons. The number of aromatic amines is 2. The van der Waals surface area contributed by atoms with Gasteiger partial charge in [0.15, 0.2) is 0 Å². The predicted octanol–water partition coefficient (Wildman–Crippen LogP) is 2.42. The number of nitrogens with zero attached hydrogens (tertiary/aromatic N) is 2. The molecule has 0 unspecified atom stereocenters. The van der Waals surface area contributed by atoms with E-state index < -0.39 is 0 Å². The molecule has 0 spiro atoms. The quantitative estimate of drug-likeness (QED) is 0.668. The Morgan fingerprint density at radius 3 is 2.90 bits per heavy atom. The van der Waals surface area contributed by atoms with Crippen LogP contribution in [0, 0.1) is 0 Å². The number of piperidine rings is 1. The maximum absolute atomic E-state index is 4.47. The molecule has 1 aromatic carbocycles. The van der Waals surface area contributed by atoms with E-state index in [1.54, 1.807) is 6.33 Å². The smallest absolute Gasteiger partial charge is 0.0931 e. The molecule has 0 atom stereocenters. The van der Waals surface area contributed by atoms with Gasteiger partial charge in [-0.05, 0) is 44.1 Å². The number of hydrogen-bond acceptors (Lipinski definition) is 3. The van der Waals surface area contributed by atoms with Crippen LogP contribution in [0.4, 0.5) is 0 Å². The van der Waals surface area contributed by atoms with Crippen LogP contribution in [-0.4, -0.2) is 33.3 Å². The van der Waals surface area contributed by atoms with Gasteiger partial charge in [-0.2, -0.15) is 5.10 Å². The van der Waals surface area contributed by atoms with Gasteiger partial charge < -0.3 is 10.3 Å². The Labute approximate surface area is 116 Å². The lowest BCUT2D eigenvalue weighted by molar-refractivity contribution is 0.453. The Balaban J connectivity index is 1.66. The van der Waals surface area contributed by atoms with Gasteiger partial charge in [-0.15, -0.1) is 0 Å². The zero-order chi connectivity index (χ0) is 13.4. The highest BCUT2D eigenvalue weighted by Crippen LogP contribution is 2.28. The van der Waals surface area contributed by atoms with E-state index in [9.17, 15) is 0 Å². The van der Waals surface area contributed by atoms with Crippen LogP contribution in [0.1, 0.15) is 24.5 Å². The van der Waals surface area contributed by atoms with E-state index in [0.717, 1.165) is 35.4 Å². The molecule has 4 rings (SSSR count). The van der Waals surface area contributed by atoms with Gasteiger partial charge in [0.2, 0.25) is 0 Å². The van der Waals surface area contributed by atoms with E-state index in [2.05, 4.69) is 43.7 Å². The van der Waals surface area contributed by atoms with Crippen molar-refractivity contribution >= 4 is 11.0 Å². The average molecular weight is 267 g/mol. The van der Waals surface area contributed by atoms with Crippen LogP contribution < -0.4 is 5.32 Å². The van der Waals surface area contributed by atoms with Crippen LogP contribution in [0.15, 0.2) is 30.6 Å². The van der Waals surface area contributed by atoms with Crippen LogP contribution in [0.2, 0.25) is 0 Å². The van der Waals surface area contributed by atoms with Crippen molar-refractivity contribution in [2.75, 3.05) is 13.1 Å². The van der Waals surface area contributed by atoms with Crippen LogP contribution in [0.3, 0.4) is 0 Å². The second-order valence-electron chi connectivity index (χ2n) is 5.37. The molecule has 0 bridgehead atoms. The van der Waals surface area contributed by atoms with Crippen molar-refractivity contribution in [3.05, 3.63) is 36.3 Å². The lowest BCUT2D eigenvalue weighted by atomic mass is 9.94. The standard InChI is InChI=1S/C15H17N5/c1-2-12-15(18-9-17-12)7-11(1)14-8-13(19-20-14)10-3-5-16-6-4-10/h1-2,7-10,16H,3-6H2,(H,17,18)(H,19,20). The van der Waals surface area contributed by atoms with E-state index in [0.29, 0.717) is 5.92 Å². The average Bonchev–Trinajstić information content (AvgIpc) is 3.16. The van der Waals surface area contributed by atoms with Gasteiger partial charge in [-0.3, -0.25) is 5.10 Å². The Kier molecular flexibility index (Phi) is 2.77. The highest BCUT2D eigenvalue weighted by molar-refractivity contribution is 5.80. The van der Waals surface area contributed by atoms with Gasteiger partial charge in [-0.1, -0.05) is 6.07 Å². The molecule has 102 valence electrons. The molecule has 0 saturated carbocycles. The molecule has 3 aromatic rings. The summed E-state index contributed by atoms with van der Waals surface area (Å²) >= 11 is 0. The van der Waals surface area contributed by atoms with Crippen molar-refractivity contribution in [2.45, 2.75) is 18.8 Å². The first kappa shape index (κ1) is 11.7. The topological polar surface area (TPSA) is 69.4 Å². The number of benzene rings is 1. The van der Waals surface area contributed by atoms with Crippen LogP contribution >= 0.6 is 0 Å². The summed E-state index contributed by atoms with van der Waals surface area (Å²) in [7, 11) is 0. The predicted molar refractivity (Wildman–Crippen MR) is 78.5 cm³/mol. The molecular formula is C15H17N5. The van der Waals surface area contributed by atoms with Crippen molar-refractivity contribution in [2.24, 2.45) is 0 Å². The second-order valence-corrected chi connectivity index (χ2v) is 5.37. The molecule has 5 heteroatoms. The fourth-order valence-corrected chi connectivity index (χ4v) is 2.92. The van der Waals surface area contributed by atoms with Gasteiger partial charge in [0.25, 0.3) is 0 Å². The van der Waals surface area contributed by atoms with E-state index in [4.69, 9.17) is 0 Å². The minimum atomic E-state index is 0.605. The molecule has 1 aliphatic heterocycles. The number of imidazole rings is 1. The normalized spacial score (nSPS) is 16.8. The third kappa shape index (κ3) is 2.00. The van der Waals surface area contributed by atoms with Crippen molar-refractivity contribution in [1.29, 1.82) is 0 Å². The number of hydrogen-bond donors (Lipinski definition) is 3. The summed E-state index contributed by atoms with van der Waals surface area (Å²) < 4.78 is 0. The van der Waals surface area contributed by atoms with Crippen molar-refractivity contribution in [3.8, 4) is 11.3 Å². The first-order valence-corrected chi connectivity index (χ1v) is 7.10. The molecule has 3 heterocycles. The molecule has 20 heavy (non-hydrogen) atoms. The molecule has 1 fully saturated rings. The van der Waals surface area contributed by atoms with Crippen molar-refractivity contribution in [1.82, 2.24) is 25.5 Å². The van der Waals surface area contributed by atoms with Gasteiger partial charge in [0.1, 0.15) is 0 Å². The fraction of sp³-hybridized carbons (Fsp3) is 0.333. The minimum absolute atomic E-state index is 0.605. The highest BCUT2D eigenvalue weighted by atomic mass is 15.1. The number of rotatable bonds is 2. The van der Waals surface area contributed by atoms with Gasteiger partial charge >= 0.3 is 0 Å². The van der Waals surface area contributed by atoms with Crippen LogP contribution in [0.25, 0.3) is 22.3 Å². The molecule has 5 nitrogen and oxygen atoms in total. The second kappa shape index (κ2) is 4.76. The van der Waals surface area contributed by atoms with Gasteiger partial charge in [0.05, 0.1) is 23.1 Å². The number of fused-ring (bicyclic) bond motifs is 1. The van der Waals surface area contributed by atoms with E-state index >= 15 is 0 Å². The number of H-pyrrole nitrogens is 2. The Morgan fingerprint density at radius 1 is 1.10 bits per heavy atom. The fourth-order valence-electron chi connectivity index (χ4n) is 2.92.